The molecule has 1 aromatic heterocycles. The van der Waals surface area contributed by atoms with Crippen LogP contribution in [0.5, 0.6) is 0 Å². The first-order chi connectivity index (χ1) is 9.76. The summed E-state index contributed by atoms with van der Waals surface area (Å²) in [5.74, 6) is 0. The molecule has 2 heterocycles. The van der Waals surface area contributed by atoms with E-state index in [4.69, 9.17) is 4.98 Å². The van der Waals surface area contributed by atoms with E-state index in [0.29, 0.717) is 6.04 Å². The molecule has 3 nitrogen and oxygen atoms in total. The number of aryl methyl sites for hydroxylation is 1. The summed E-state index contributed by atoms with van der Waals surface area (Å²) < 4.78 is 0. The third kappa shape index (κ3) is 3.95. The summed E-state index contributed by atoms with van der Waals surface area (Å²) in [5, 5.41) is 4.72. The lowest BCUT2D eigenvalue weighted by Gasteiger charge is -2.26. The molecule has 0 saturated carbocycles. The number of thiazole rings is 1. The van der Waals surface area contributed by atoms with Gasteiger partial charge in [-0.1, -0.05) is 33.1 Å². The van der Waals surface area contributed by atoms with E-state index >= 15 is 0 Å². The second kappa shape index (κ2) is 7.99. The van der Waals surface area contributed by atoms with Crippen LogP contribution in [0.2, 0.25) is 0 Å². The molecule has 1 aliphatic heterocycles. The first-order valence-corrected chi connectivity index (χ1v) is 9.03. The van der Waals surface area contributed by atoms with Gasteiger partial charge in [0.1, 0.15) is 0 Å². The van der Waals surface area contributed by atoms with Crippen LogP contribution in [0.4, 0.5) is 5.13 Å². The second-order valence-corrected chi connectivity index (χ2v) is 6.85. The molecule has 114 valence electrons. The number of nitrogens with one attached hydrogen (secondary N) is 1. The van der Waals surface area contributed by atoms with Gasteiger partial charge >= 0.3 is 0 Å². The number of anilines is 1. The molecule has 20 heavy (non-hydrogen) atoms. The number of hydrogen-bond acceptors (Lipinski definition) is 4. The third-order valence-corrected chi connectivity index (χ3v) is 5.22. The molecular weight excluding hydrogens is 266 g/mol. The van der Waals surface area contributed by atoms with Crippen molar-refractivity contribution in [2.45, 2.75) is 71.9 Å². The predicted molar refractivity (Wildman–Crippen MR) is 88.8 cm³/mol. The van der Waals surface area contributed by atoms with E-state index in [2.05, 4.69) is 31.0 Å². The van der Waals surface area contributed by atoms with Crippen LogP contribution in [0.25, 0.3) is 0 Å². The monoisotopic (exact) mass is 295 g/mol. The van der Waals surface area contributed by atoms with Crippen LogP contribution >= 0.6 is 11.3 Å². The van der Waals surface area contributed by atoms with Gasteiger partial charge in [-0.15, -0.1) is 11.3 Å². The van der Waals surface area contributed by atoms with E-state index < -0.39 is 0 Å². The lowest BCUT2D eigenvalue weighted by molar-refractivity contribution is 0.614. The van der Waals surface area contributed by atoms with Crippen molar-refractivity contribution in [2.75, 3.05) is 18.0 Å². The Bertz CT molecular complexity index is 402. The summed E-state index contributed by atoms with van der Waals surface area (Å²) in [6, 6.07) is 0.644. The number of nitrogens with zero attached hydrogens (tertiary/aromatic N) is 2. The van der Waals surface area contributed by atoms with Gasteiger partial charge in [-0.25, -0.2) is 4.98 Å². The van der Waals surface area contributed by atoms with Crippen molar-refractivity contribution in [3.05, 3.63) is 10.6 Å². The van der Waals surface area contributed by atoms with Gasteiger partial charge in [0.05, 0.1) is 5.69 Å². The minimum Gasteiger partial charge on any atom is -0.345 e. The van der Waals surface area contributed by atoms with Crippen molar-refractivity contribution in [3.63, 3.8) is 0 Å². The summed E-state index contributed by atoms with van der Waals surface area (Å²) >= 11 is 1.91. The molecular formula is C16H29N3S. The van der Waals surface area contributed by atoms with Gasteiger partial charge in [-0.3, -0.25) is 0 Å². The van der Waals surface area contributed by atoms with E-state index in [1.807, 2.05) is 11.3 Å². The summed E-state index contributed by atoms with van der Waals surface area (Å²) in [4.78, 5) is 8.97. The van der Waals surface area contributed by atoms with Crippen molar-refractivity contribution in [1.29, 1.82) is 0 Å². The van der Waals surface area contributed by atoms with Gasteiger partial charge in [0.2, 0.25) is 0 Å². The van der Waals surface area contributed by atoms with Crippen molar-refractivity contribution < 1.29 is 0 Å². The quantitative estimate of drug-likeness (QED) is 0.860. The lowest BCUT2D eigenvalue weighted by Crippen LogP contribution is -2.32. The largest absolute Gasteiger partial charge is 0.345 e. The van der Waals surface area contributed by atoms with Crippen LogP contribution in [0.1, 0.15) is 63.4 Å². The molecule has 0 spiro atoms. The first kappa shape index (κ1) is 15.8. The predicted octanol–water partition coefficient (Wildman–Crippen LogP) is 3.97. The van der Waals surface area contributed by atoms with Crippen LogP contribution in [0, 0.1) is 0 Å². The highest BCUT2D eigenvalue weighted by molar-refractivity contribution is 7.15. The summed E-state index contributed by atoms with van der Waals surface area (Å²) in [6.45, 7) is 9.95. The molecule has 1 fully saturated rings. The minimum absolute atomic E-state index is 0.644. The van der Waals surface area contributed by atoms with Gasteiger partial charge in [-0.05, 0) is 32.7 Å². The van der Waals surface area contributed by atoms with Gasteiger partial charge in [0, 0.05) is 24.0 Å². The Hall–Kier alpha value is -0.610. The molecule has 1 N–H and O–H groups in total. The van der Waals surface area contributed by atoms with Crippen LogP contribution in [-0.2, 0) is 13.0 Å². The lowest BCUT2D eigenvalue weighted by atomic mass is 10.1. The maximum atomic E-state index is 4.97. The maximum absolute atomic E-state index is 4.97. The summed E-state index contributed by atoms with van der Waals surface area (Å²) in [5.41, 5.74) is 1.32. The van der Waals surface area contributed by atoms with Crippen molar-refractivity contribution in [2.24, 2.45) is 0 Å². The molecule has 1 unspecified atom stereocenters. The van der Waals surface area contributed by atoms with E-state index in [1.54, 1.807) is 0 Å². The van der Waals surface area contributed by atoms with Gasteiger partial charge in [0.25, 0.3) is 0 Å². The molecule has 1 saturated heterocycles. The Labute approximate surface area is 127 Å². The number of hydrogen-bond donors (Lipinski definition) is 1. The zero-order valence-electron chi connectivity index (χ0n) is 13.2. The SMILES string of the molecule is CCCc1nc(N2CCCCCC2C)sc1CNCC. The minimum atomic E-state index is 0.644. The molecule has 0 amide bonds. The molecule has 1 aromatic rings. The Kier molecular flexibility index (Phi) is 6.30. The molecule has 4 heteroatoms. The normalized spacial score (nSPS) is 20.1. The first-order valence-electron chi connectivity index (χ1n) is 8.22. The Morgan fingerprint density at radius 1 is 1.30 bits per heavy atom. The van der Waals surface area contributed by atoms with E-state index in [-0.39, 0.29) is 0 Å². The molecule has 1 aliphatic rings. The zero-order chi connectivity index (χ0) is 14.4. The van der Waals surface area contributed by atoms with E-state index in [0.717, 1.165) is 19.5 Å². The van der Waals surface area contributed by atoms with Crippen LogP contribution < -0.4 is 10.2 Å². The fourth-order valence-electron chi connectivity index (χ4n) is 2.86. The second-order valence-electron chi connectivity index (χ2n) is 5.79. The van der Waals surface area contributed by atoms with Crippen molar-refractivity contribution in [1.82, 2.24) is 10.3 Å². The van der Waals surface area contributed by atoms with Gasteiger partial charge < -0.3 is 10.2 Å². The van der Waals surface area contributed by atoms with Gasteiger partial charge in [0.15, 0.2) is 5.13 Å². The number of aromatic nitrogens is 1. The van der Waals surface area contributed by atoms with E-state index in [1.165, 1.54) is 54.4 Å². The Morgan fingerprint density at radius 2 is 2.15 bits per heavy atom. The fraction of sp³-hybridized carbons (Fsp3) is 0.812. The molecule has 1 atom stereocenters. The zero-order valence-corrected chi connectivity index (χ0v) is 14.1. The van der Waals surface area contributed by atoms with Crippen molar-refractivity contribution >= 4 is 16.5 Å². The smallest absolute Gasteiger partial charge is 0.186 e. The Balaban J connectivity index is 2.17. The maximum Gasteiger partial charge on any atom is 0.186 e. The molecule has 0 aromatic carbocycles. The average molecular weight is 295 g/mol. The molecule has 0 bridgehead atoms. The molecule has 0 aliphatic carbocycles. The topological polar surface area (TPSA) is 28.2 Å². The number of rotatable bonds is 6. The summed E-state index contributed by atoms with van der Waals surface area (Å²) in [7, 11) is 0. The van der Waals surface area contributed by atoms with E-state index in [9.17, 15) is 0 Å². The third-order valence-electron chi connectivity index (χ3n) is 4.09. The standard InChI is InChI=1S/C16H29N3S/c1-4-9-14-15(12-17-5-2)20-16(18-14)19-11-8-6-7-10-13(19)3/h13,17H,4-12H2,1-3H3. The van der Waals surface area contributed by atoms with Gasteiger partial charge in [-0.2, -0.15) is 0 Å². The van der Waals surface area contributed by atoms with Crippen LogP contribution in [0.15, 0.2) is 0 Å². The van der Waals surface area contributed by atoms with Crippen LogP contribution in [-0.4, -0.2) is 24.1 Å². The highest BCUT2D eigenvalue weighted by atomic mass is 32.1. The Morgan fingerprint density at radius 3 is 2.90 bits per heavy atom. The summed E-state index contributed by atoms with van der Waals surface area (Å²) in [6.07, 6.45) is 7.66. The molecule has 2 rings (SSSR count). The highest BCUT2D eigenvalue weighted by Crippen LogP contribution is 2.31. The van der Waals surface area contributed by atoms with Crippen LogP contribution in [0.3, 0.4) is 0 Å². The van der Waals surface area contributed by atoms with Crippen molar-refractivity contribution in [3.8, 4) is 0 Å². The highest BCUT2D eigenvalue weighted by Gasteiger charge is 2.21. The molecule has 0 radical (unpaired) electrons. The average Bonchev–Trinajstić information content (AvgIpc) is 2.70. The fourth-order valence-corrected chi connectivity index (χ4v) is 4.06.